The van der Waals surface area contributed by atoms with E-state index in [0.29, 0.717) is 25.2 Å². The van der Waals surface area contributed by atoms with Crippen LogP contribution in [0.5, 0.6) is 0 Å². The summed E-state index contributed by atoms with van der Waals surface area (Å²) in [5.74, 6) is -1.60. The number of rotatable bonds is 5. The van der Waals surface area contributed by atoms with Gasteiger partial charge in [0.2, 0.25) is 5.91 Å². The molecule has 1 atom stereocenters. The van der Waals surface area contributed by atoms with E-state index in [1.165, 1.54) is 12.1 Å². The molecular weight excluding hydrogens is 338 g/mol. The summed E-state index contributed by atoms with van der Waals surface area (Å²) in [5.41, 5.74) is 1.04. The van der Waals surface area contributed by atoms with Crippen LogP contribution < -0.4 is 5.32 Å². The van der Waals surface area contributed by atoms with Crippen LogP contribution in [0.4, 0.5) is 11.4 Å². The zero-order valence-electron chi connectivity index (χ0n) is 13.2. The van der Waals surface area contributed by atoms with Gasteiger partial charge in [0, 0.05) is 18.7 Å². The van der Waals surface area contributed by atoms with Gasteiger partial charge in [-0.1, -0.05) is 6.07 Å². The molecule has 1 aliphatic rings. The van der Waals surface area contributed by atoms with Crippen LogP contribution >= 0.6 is 12.4 Å². The van der Waals surface area contributed by atoms with Crippen molar-refractivity contribution in [3.63, 3.8) is 0 Å². The Labute approximate surface area is 145 Å². The topological polar surface area (TPSA) is 113 Å². The molecule has 1 aliphatic heterocycles. The molecule has 8 nitrogen and oxygen atoms in total. The fourth-order valence-corrected chi connectivity index (χ4v) is 2.65. The van der Waals surface area contributed by atoms with Crippen molar-refractivity contribution in [2.75, 3.05) is 25.0 Å². The number of aliphatic carboxylic acids is 1. The van der Waals surface area contributed by atoms with Crippen LogP contribution in [0.15, 0.2) is 18.2 Å². The highest BCUT2D eigenvalue weighted by atomic mass is 35.5. The van der Waals surface area contributed by atoms with Gasteiger partial charge in [0.25, 0.3) is 5.69 Å². The lowest BCUT2D eigenvalue weighted by molar-refractivity contribution is -0.384. The minimum absolute atomic E-state index is 0. The highest BCUT2D eigenvalue weighted by Crippen LogP contribution is 2.22. The highest BCUT2D eigenvalue weighted by Gasteiger charge is 2.26. The monoisotopic (exact) mass is 357 g/mol. The van der Waals surface area contributed by atoms with Gasteiger partial charge in [-0.05, 0) is 31.9 Å². The summed E-state index contributed by atoms with van der Waals surface area (Å²) in [7, 11) is 0. The van der Waals surface area contributed by atoms with E-state index in [1.54, 1.807) is 17.9 Å². The first kappa shape index (κ1) is 19.9. The summed E-state index contributed by atoms with van der Waals surface area (Å²) >= 11 is 0. The molecule has 0 aromatic heterocycles. The zero-order chi connectivity index (χ0) is 17.0. The molecule has 0 bridgehead atoms. The molecule has 0 aliphatic carbocycles. The molecule has 1 heterocycles. The number of nitro benzene ring substituents is 1. The molecule has 0 saturated carbocycles. The number of amides is 1. The predicted molar refractivity (Wildman–Crippen MR) is 90.5 cm³/mol. The maximum Gasteiger partial charge on any atom is 0.307 e. The van der Waals surface area contributed by atoms with Crippen LogP contribution in [0.3, 0.4) is 0 Å². The second-order valence-corrected chi connectivity index (χ2v) is 5.72. The third-order valence-electron chi connectivity index (χ3n) is 3.93. The Hall–Kier alpha value is -2.19. The largest absolute Gasteiger partial charge is 0.481 e. The normalized spacial score (nSPS) is 17.6. The number of hydrogen-bond acceptors (Lipinski definition) is 5. The lowest BCUT2D eigenvalue weighted by Crippen LogP contribution is -2.42. The van der Waals surface area contributed by atoms with Crippen LogP contribution in [0.25, 0.3) is 0 Å². The van der Waals surface area contributed by atoms with Gasteiger partial charge in [-0.25, -0.2) is 0 Å². The second-order valence-electron chi connectivity index (χ2n) is 5.72. The quantitative estimate of drug-likeness (QED) is 0.616. The number of halogens is 1. The third-order valence-corrected chi connectivity index (χ3v) is 3.93. The van der Waals surface area contributed by atoms with Crippen LogP contribution in [0, 0.1) is 23.0 Å². The predicted octanol–water partition coefficient (Wildman–Crippen LogP) is 2.06. The molecular formula is C15H20ClN3O5. The number of carboxylic acid groups (broad SMARTS) is 1. The van der Waals surface area contributed by atoms with Crippen molar-refractivity contribution in [2.45, 2.75) is 19.8 Å². The second kappa shape index (κ2) is 8.60. The molecule has 24 heavy (non-hydrogen) atoms. The van der Waals surface area contributed by atoms with E-state index < -0.39 is 16.8 Å². The number of hydrogen-bond donors (Lipinski definition) is 2. The number of nitrogens with zero attached hydrogens (tertiary/aromatic N) is 2. The maximum absolute atomic E-state index is 12.1. The van der Waals surface area contributed by atoms with Crippen molar-refractivity contribution in [1.29, 1.82) is 0 Å². The van der Waals surface area contributed by atoms with E-state index in [0.717, 1.165) is 12.0 Å². The molecule has 1 fully saturated rings. The Kier molecular flexibility index (Phi) is 7.12. The number of nitrogens with one attached hydrogen (secondary N) is 1. The van der Waals surface area contributed by atoms with E-state index in [1.807, 2.05) is 0 Å². The number of anilines is 1. The highest BCUT2D eigenvalue weighted by molar-refractivity contribution is 5.93. The van der Waals surface area contributed by atoms with E-state index in [4.69, 9.17) is 5.11 Å². The number of non-ortho nitro benzene ring substituents is 1. The summed E-state index contributed by atoms with van der Waals surface area (Å²) in [6, 6.07) is 4.28. The van der Waals surface area contributed by atoms with E-state index >= 15 is 0 Å². The van der Waals surface area contributed by atoms with Gasteiger partial charge >= 0.3 is 5.97 Å². The Balaban J connectivity index is 0.00000288. The maximum atomic E-state index is 12.1. The van der Waals surface area contributed by atoms with E-state index in [-0.39, 0.29) is 30.5 Å². The third kappa shape index (κ3) is 5.17. The number of carbonyl (C=O) groups excluding carboxylic acids is 1. The first-order valence-corrected chi connectivity index (χ1v) is 7.37. The molecule has 132 valence electrons. The summed E-state index contributed by atoms with van der Waals surface area (Å²) in [5, 5.41) is 22.5. The minimum Gasteiger partial charge on any atom is -0.481 e. The van der Waals surface area contributed by atoms with Gasteiger partial charge in [-0.3, -0.25) is 24.6 Å². The summed E-state index contributed by atoms with van der Waals surface area (Å²) in [4.78, 5) is 35.2. The fraction of sp³-hybridized carbons (Fsp3) is 0.467. The molecule has 0 radical (unpaired) electrons. The Morgan fingerprint density at radius 1 is 1.46 bits per heavy atom. The van der Waals surface area contributed by atoms with Crippen molar-refractivity contribution in [3.8, 4) is 0 Å². The van der Waals surface area contributed by atoms with Crippen molar-refractivity contribution in [3.05, 3.63) is 33.9 Å². The van der Waals surface area contributed by atoms with Gasteiger partial charge in [-0.2, -0.15) is 0 Å². The number of carbonyl (C=O) groups is 2. The molecule has 1 amide bonds. The van der Waals surface area contributed by atoms with Crippen molar-refractivity contribution in [1.82, 2.24) is 4.90 Å². The summed E-state index contributed by atoms with van der Waals surface area (Å²) in [6.07, 6.45) is 1.36. The minimum atomic E-state index is -0.843. The first-order chi connectivity index (χ1) is 10.9. The van der Waals surface area contributed by atoms with Crippen LogP contribution in [-0.2, 0) is 9.59 Å². The van der Waals surface area contributed by atoms with Gasteiger partial charge in [0.1, 0.15) is 0 Å². The van der Waals surface area contributed by atoms with E-state index in [2.05, 4.69) is 5.32 Å². The summed E-state index contributed by atoms with van der Waals surface area (Å²) < 4.78 is 0. The molecule has 1 aromatic rings. The van der Waals surface area contributed by atoms with Crippen molar-refractivity contribution >= 4 is 35.7 Å². The summed E-state index contributed by atoms with van der Waals surface area (Å²) in [6.45, 7) is 2.84. The molecule has 0 spiro atoms. The lowest BCUT2D eigenvalue weighted by Gasteiger charge is -2.29. The van der Waals surface area contributed by atoms with Crippen LogP contribution in [-0.4, -0.2) is 46.4 Å². The molecule has 2 N–H and O–H groups in total. The van der Waals surface area contributed by atoms with Gasteiger partial charge in [0.15, 0.2) is 0 Å². The average Bonchev–Trinajstić information content (AvgIpc) is 2.49. The molecule has 1 saturated heterocycles. The Morgan fingerprint density at radius 2 is 2.17 bits per heavy atom. The Morgan fingerprint density at radius 3 is 2.79 bits per heavy atom. The van der Waals surface area contributed by atoms with Gasteiger partial charge in [0.05, 0.1) is 23.1 Å². The molecule has 9 heteroatoms. The van der Waals surface area contributed by atoms with Crippen LogP contribution in [0.1, 0.15) is 18.4 Å². The van der Waals surface area contributed by atoms with Crippen LogP contribution in [0.2, 0.25) is 0 Å². The average molecular weight is 358 g/mol. The van der Waals surface area contributed by atoms with Gasteiger partial charge < -0.3 is 10.4 Å². The number of piperidine rings is 1. The molecule has 2 rings (SSSR count). The number of likely N-dealkylation sites (tertiary alicyclic amines) is 1. The molecule has 1 aromatic carbocycles. The first-order valence-electron chi connectivity index (χ1n) is 7.37. The van der Waals surface area contributed by atoms with E-state index in [9.17, 15) is 19.7 Å². The number of aryl methyl sites for hydroxylation is 1. The van der Waals surface area contributed by atoms with Crippen molar-refractivity contribution < 1.29 is 19.6 Å². The number of benzene rings is 1. The lowest BCUT2D eigenvalue weighted by atomic mass is 9.98. The standard InChI is InChI=1S/C15H19N3O5.ClH/c1-10-4-5-12(18(22)23)7-13(10)16-14(19)9-17-6-2-3-11(8-17)15(20)21;/h4-5,7,11H,2-3,6,8-9H2,1H3,(H,16,19)(H,20,21);1H. The SMILES string of the molecule is Cc1ccc([N+](=O)[O-])cc1NC(=O)CN1CCCC(C(=O)O)C1.Cl. The Bertz CT molecular complexity index is 638. The molecule has 1 unspecified atom stereocenters. The van der Waals surface area contributed by atoms with Crippen molar-refractivity contribution in [2.24, 2.45) is 5.92 Å². The number of carboxylic acids is 1. The van der Waals surface area contributed by atoms with Gasteiger partial charge in [-0.15, -0.1) is 12.4 Å². The smallest absolute Gasteiger partial charge is 0.307 e. The zero-order valence-corrected chi connectivity index (χ0v) is 14.0. The number of nitro groups is 1. The fourth-order valence-electron chi connectivity index (χ4n) is 2.65.